The first-order chi connectivity index (χ1) is 16.9. The number of carbonyl (C=O) groups excluding carboxylic acids is 1. The van der Waals surface area contributed by atoms with Gasteiger partial charge in [0, 0.05) is 29.8 Å². The summed E-state index contributed by atoms with van der Waals surface area (Å²) in [6.45, 7) is 11.4. The zero-order valence-electron chi connectivity index (χ0n) is 22.2. The number of allylic oxidation sites excluding steroid dienone is 5. The van der Waals surface area contributed by atoms with Gasteiger partial charge in [-0.15, -0.1) is 0 Å². The van der Waals surface area contributed by atoms with Crippen molar-refractivity contribution >= 4 is 11.4 Å². The molecule has 1 N–H and O–H groups in total. The second-order valence-electron chi connectivity index (χ2n) is 10.6. The van der Waals surface area contributed by atoms with Crippen molar-refractivity contribution < 1.29 is 14.6 Å². The minimum atomic E-state index is -1.34. The van der Waals surface area contributed by atoms with Crippen LogP contribution in [0.3, 0.4) is 0 Å². The summed E-state index contributed by atoms with van der Waals surface area (Å²) in [6.07, 6.45) is 15.3. The fraction of sp³-hybridized carbons (Fsp3) is 0.581. The average molecular weight is 478 g/mol. The number of carbonyl (C=O) groups is 1. The van der Waals surface area contributed by atoms with Crippen molar-refractivity contribution in [3.63, 3.8) is 0 Å². The average Bonchev–Trinajstić information content (AvgIpc) is 3.00. The molecule has 1 heterocycles. The number of aliphatic hydroxyl groups is 1. The van der Waals surface area contributed by atoms with Crippen LogP contribution in [-0.2, 0) is 10.2 Å². The van der Waals surface area contributed by atoms with Gasteiger partial charge < -0.3 is 14.7 Å². The van der Waals surface area contributed by atoms with Gasteiger partial charge in [-0.2, -0.15) is 0 Å². The minimum absolute atomic E-state index is 0.0999. The van der Waals surface area contributed by atoms with Gasteiger partial charge in [0.1, 0.15) is 5.60 Å². The zero-order valence-corrected chi connectivity index (χ0v) is 22.2. The Kier molecular flexibility index (Phi) is 8.02. The predicted octanol–water partition coefficient (Wildman–Crippen LogP) is 6.59. The van der Waals surface area contributed by atoms with Gasteiger partial charge in [-0.25, -0.2) is 0 Å². The van der Waals surface area contributed by atoms with Crippen LogP contribution < -0.4 is 0 Å². The molecule has 190 valence electrons. The third-order valence-electron chi connectivity index (χ3n) is 8.30. The summed E-state index contributed by atoms with van der Waals surface area (Å²) in [5, 5.41) is 10.7. The highest BCUT2D eigenvalue weighted by molar-refractivity contribution is 6.03. The summed E-state index contributed by atoms with van der Waals surface area (Å²) in [6, 6.07) is 6.20. The second-order valence-corrected chi connectivity index (χ2v) is 10.6. The molecule has 0 radical (unpaired) electrons. The Labute approximate surface area is 211 Å². The van der Waals surface area contributed by atoms with E-state index in [0.29, 0.717) is 12.0 Å². The monoisotopic (exact) mass is 477 g/mol. The molecule has 4 nitrogen and oxygen atoms in total. The molecule has 0 saturated carbocycles. The maximum absolute atomic E-state index is 13.3. The number of hydrogen-bond acceptors (Lipinski definition) is 4. The summed E-state index contributed by atoms with van der Waals surface area (Å²) >= 11 is 0. The molecule has 35 heavy (non-hydrogen) atoms. The highest BCUT2D eigenvalue weighted by Gasteiger charge is 2.45. The van der Waals surface area contributed by atoms with Gasteiger partial charge in [0.05, 0.1) is 13.2 Å². The molecule has 1 aromatic carbocycles. The van der Waals surface area contributed by atoms with E-state index >= 15 is 0 Å². The Hall–Kier alpha value is -2.17. The van der Waals surface area contributed by atoms with Gasteiger partial charge in [-0.3, -0.25) is 4.79 Å². The Morgan fingerprint density at radius 2 is 1.77 bits per heavy atom. The fourth-order valence-electron chi connectivity index (χ4n) is 5.94. The third kappa shape index (κ3) is 4.93. The van der Waals surface area contributed by atoms with Crippen LogP contribution in [0.5, 0.6) is 0 Å². The maximum atomic E-state index is 13.3. The molecule has 0 bridgehead atoms. The van der Waals surface area contributed by atoms with Gasteiger partial charge >= 0.3 is 0 Å². The van der Waals surface area contributed by atoms with E-state index < -0.39 is 5.60 Å². The predicted molar refractivity (Wildman–Crippen MR) is 144 cm³/mol. The Morgan fingerprint density at radius 1 is 1.09 bits per heavy atom. The quantitative estimate of drug-likeness (QED) is 0.386. The lowest BCUT2D eigenvalue weighted by molar-refractivity contribution is 0.0390. The van der Waals surface area contributed by atoms with Crippen LogP contribution in [-0.4, -0.2) is 47.7 Å². The topological polar surface area (TPSA) is 49.8 Å². The van der Waals surface area contributed by atoms with Gasteiger partial charge in [0.2, 0.25) is 0 Å². The van der Waals surface area contributed by atoms with Crippen LogP contribution in [0.15, 0.2) is 47.7 Å². The molecule has 3 aliphatic rings. The molecule has 1 aliphatic heterocycles. The molecule has 4 heteroatoms. The molecule has 0 spiro atoms. The number of hydrogen-bond donors (Lipinski definition) is 1. The summed E-state index contributed by atoms with van der Waals surface area (Å²) in [5.41, 5.74) is 5.84. The second kappa shape index (κ2) is 10.8. The Balaban J connectivity index is 1.87. The van der Waals surface area contributed by atoms with Crippen molar-refractivity contribution in [3.05, 3.63) is 64.4 Å². The lowest BCUT2D eigenvalue weighted by Gasteiger charge is -2.35. The number of unbranched alkanes of at least 4 members (excludes halogenated alkanes) is 2. The number of Topliss-reactive ketones (excluding diaryl/α,β-unsaturated/α-hetero) is 1. The SMILES string of the molecule is CCCCC1(CCCC)C2=CC(N3CCOCC3)=CCC=C2c2ccc(C(=O)C(C)(O)CC)cc21. The van der Waals surface area contributed by atoms with E-state index in [1.165, 1.54) is 28.0 Å². The van der Waals surface area contributed by atoms with Crippen molar-refractivity contribution in [2.24, 2.45) is 0 Å². The number of ketones is 1. The van der Waals surface area contributed by atoms with Crippen LogP contribution in [0.4, 0.5) is 0 Å². The lowest BCUT2D eigenvalue weighted by Crippen LogP contribution is -2.35. The molecule has 0 aromatic heterocycles. The molecular formula is C31H43NO3. The summed E-state index contributed by atoms with van der Waals surface area (Å²) < 4.78 is 5.62. The van der Waals surface area contributed by atoms with E-state index in [4.69, 9.17) is 4.74 Å². The third-order valence-corrected chi connectivity index (χ3v) is 8.30. The van der Waals surface area contributed by atoms with Crippen LogP contribution in [0, 0.1) is 0 Å². The van der Waals surface area contributed by atoms with E-state index in [2.05, 4.69) is 49.1 Å². The van der Waals surface area contributed by atoms with Gasteiger partial charge in [0.15, 0.2) is 5.78 Å². The molecule has 1 saturated heterocycles. The van der Waals surface area contributed by atoms with Crippen molar-refractivity contribution in [3.8, 4) is 0 Å². The van der Waals surface area contributed by atoms with Gasteiger partial charge in [-0.05, 0) is 67.0 Å². The molecular weight excluding hydrogens is 434 g/mol. The van der Waals surface area contributed by atoms with E-state index in [0.717, 1.165) is 71.2 Å². The molecule has 1 aromatic rings. The zero-order chi connectivity index (χ0) is 25.1. The number of benzene rings is 1. The summed E-state index contributed by atoms with van der Waals surface area (Å²) in [5.74, 6) is -0.174. The smallest absolute Gasteiger partial charge is 0.194 e. The van der Waals surface area contributed by atoms with Crippen molar-refractivity contribution in [2.75, 3.05) is 26.3 Å². The Bertz CT molecular complexity index is 1020. The summed E-state index contributed by atoms with van der Waals surface area (Å²) in [7, 11) is 0. The van der Waals surface area contributed by atoms with Crippen molar-refractivity contribution in [1.82, 2.24) is 4.90 Å². The van der Waals surface area contributed by atoms with Crippen LogP contribution in [0.2, 0.25) is 0 Å². The highest BCUT2D eigenvalue weighted by atomic mass is 16.5. The highest BCUT2D eigenvalue weighted by Crippen LogP contribution is 2.56. The van der Waals surface area contributed by atoms with Crippen molar-refractivity contribution in [1.29, 1.82) is 0 Å². The first-order valence-corrected chi connectivity index (χ1v) is 13.8. The van der Waals surface area contributed by atoms with E-state index in [1.807, 2.05) is 13.0 Å². The number of morpholine rings is 1. The molecule has 2 aliphatic carbocycles. The number of nitrogens with zero attached hydrogens (tertiary/aromatic N) is 1. The molecule has 4 rings (SSSR count). The number of rotatable bonds is 10. The van der Waals surface area contributed by atoms with Crippen LogP contribution >= 0.6 is 0 Å². The maximum Gasteiger partial charge on any atom is 0.194 e. The van der Waals surface area contributed by atoms with E-state index in [-0.39, 0.29) is 11.2 Å². The molecule has 1 fully saturated rings. The first kappa shape index (κ1) is 25.9. The largest absolute Gasteiger partial charge is 0.382 e. The van der Waals surface area contributed by atoms with E-state index in [9.17, 15) is 9.90 Å². The Morgan fingerprint density at radius 3 is 2.40 bits per heavy atom. The lowest BCUT2D eigenvalue weighted by atomic mass is 9.70. The number of fused-ring (bicyclic) bond motifs is 3. The van der Waals surface area contributed by atoms with E-state index in [1.54, 1.807) is 6.92 Å². The minimum Gasteiger partial charge on any atom is -0.382 e. The van der Waals surface area contributed by atoms with Crippen LogP contribution in [0.25, 0.3) is 5.57 Å². The molecule has 1 atom stereocenters. The van der Waals surface area contributed by atoms with Crippen LogP contribution in [0.1, 0.15) is 101 Å². The first-order valence-electron chi connectivity index (χ1n) is 13.8. The fourth-order valence-corrected chi connectivity index (χ4v) is 5.94. The normalized spacial score (nSPS) is 20.7. The molecule has 1 unspecified atom stereocenters. The van der Waals surface area contributed by atoms with Gasteiger partial charge in [-0.1, -0.05) is 70.7 Å². The molecule has 0 amide bonds. The van der Waals surface area contributed by atoms with Gasteiger partial charge in [0.25, 0.3) is 0 Å². The standard InChI is InChI=1S/C31H43NO3/c1-5-8-15-31(16-9-6-2)27-21-23(29(33)30(4,34)7-3)13-14-26(27)25-12-10-11-24(22-28(25)31)32-17-19-35-20-18-32/h11-14,21-22,34H,5-10,15-20H2,1-4H3. The number of ether oxygens (including phenoxy) is 1. The summed E-state index contributed by atoms with van der Waals surface area (Å²) in [4.78, 5) is 15.7. The van der Waals surface area contributed by atoms with Crippen molar-refractivity contribution in [2.45, 2.75) is 90.1 Å².